The van der Waals surface area contributed by atoms with Crippen molar-refractivity contribution in [2.45, 2.75) is 25.4 Å². The average Bonchev–Trinajstić information content (AvgIpc) is 2.91. The molecule has 8 heteroatoms. The van der Waals surface area contributed by atoms with E-state index in [-0.39, 0.29) is 28.5 Å². The van der Waals surface area contributed by atoms with E-state index in [0.29, 0.717) is 26.1 Å². The lowest BCUT2D eigenvalue weighted by atomic mass is 9.82. The predicted octanol–water partition coefficient (Wildman–Crippen LogP) is 3.44. The molecule has 0 unspecified atom stereocenters. The van der Waals surface area contributed by atoms with Gasteiger partial charge in [-0.3, -0.25) is 14.9 Å². The van der Waals surface area contributed by atoms with Gasteiger partial charge in [0.2, 0.25) is 5.91 Å². The van der Waals surface area contributed by atoms with Crippen LogP contribution in [0.2, 0.25) is 0 Å². The Morgan fingerprint density at radius 1 is 0.971 bits per heavy atom. The van der Waals surface area contributed by atoms with Gasteiger partial charge in [-0.2, -0.15) is 0 Å². The number of hydrogen-bond donors (Lipinski definition) is 0. The fraction of sp³-hybridized carbons (Fsp3) is 0.333. The molecule has 2 atom stereocenters. The summed E-state index contributed by atoms with van der Waals surface area (Å²) in [6.07, 6.45) is 3.15. The number of amides is 1. The summed E-state index contributed by atoms with van der Waals surface area (Å²) in [6.45, 7) is 3.52. The first-order valence-electron chi connectivity index (χ1n) is 12.1. The standard InChI is InChI=1S/C27H27N5O3/c33-27(30-12-10-19-5-1-2-6-20(19)17-30)23-16-21-15-22(32(34)35)8-9-24(21)31-14-13-29(18-25(23)31)26-7-3-4-11-28-26/h1-9,11,15,23,25H,10,12-14,16-18H2/t23-,25+/m1/s1. The second-order valence-electron chi connectivity index (χ2n) is 9.55. The van der Waals surface area contributed by atoms with Gasteiger partial charge in [0.15, 0.2) is 0 Å². The quantitative estimate of drug-likeness (QED) is 0.432. The van der Waals surface area contributed by atoms with Crippen molar-refractivity contribution in [3.8, 4) is 0 Å². The van der Waals surface area contributed by atoms with Crippen LogP contribution in [0.5, 0.6) is 0 Å². The van der Waals surface area contributed by atoms with Gasteiger partial charge < -0.3 is 14.7 Å². The van der Waals surface area contributed by atoms with Gasteiger partial charge in [0.1, 0.15) is 5.82 Å². The van der Waals surface area contributed by atoms with Crippen LogP contribution in [0.4, 0.5) is 17.2 Å². The number of nitro groups is 1. The maximum atomic E-state index is 14.0. The number of nitro benzene ring substituents is 1. The molecule has 0 spiro atoms. The molecule has 178 valence electrons. The van der Waals surface area contributed by atoms with E-state index in [1.54, 1.807) is 18.3 Å². The molecule has 1 aromatic heterocycles. The molecule has 0 saturated carbocycles. The van der Waals surface area contributed by atoms with Gasteiger partial charge in [0.25, 0.3) is 5.69 Å². The highest BCUT2D eigenvalue weighted by Crippen LogP contribution is 2.39. The third kappa shape index (κ3) is 3.88. The number of carbonyl (C=O) groups is 1. The van der Waals surface area contributed by atoms with E-state index in [9.17, 15) is 14.9 Å². The van der Waals surface area contributed by atoms with Gasteiger partial charge in [0, 0.05) is 56.7 Å². The minimum absolute atomic E-state index is 0.0237. The van der Waals surface area contributed by atoms with Gasteiger partial charge in [-0.25, -0.2) is 4.98 Å². The topological polar surface area (TPSA) is 82.8 Å². The van der Waals surface area contributed by atoms with E-state index in [4.69, 9.17) is 0 Å². The third-order valence-electron chi connectivity index (χ3n) is 7.64. The van der Waals surface area contributed by atoms with Crippen LogP contribution in [0, 0.1) is 16.0 Å². The molecule has 1 amide bonds. The number of benzene rings is 2. The second-order valence-corrected chi connectivity index (χ2v) is 9.55. The Kier molecular flexibility index (Phi) is 5.36. The van der Waals surface area contributed by atoms with Crippen molar-refractivity contribution in [2.75, 3.05) is 36.0 Å². The van der Waals surface area contributed by atoms with E-state index in [0.717, 1.165) is 36.6 Å². The summed E-state index contributed by atoms with van der Waals surface area (Å²) >= 11 is 0. The molecule has 35 heavy (non-hydrogen) atoms. The number of piperazine rings is 1. The van der Waals surface area contributed by atoms with E-state index in [1.165, 1.54) is 11.1 Å². The summed E-state index contributed by atoms with van der Waals surface area (Å²) in [6, 6.07) is 19.3. The highest BCUT2D eigenvalue weighted by atomic mass is 16.6. The van der Waals surface area contributed by atoms with Crippen LogP contribution in [-0.2, 0) is 24.2 Å². The smallest absolute Gasteiger partial charge is 0.269 e. The molecule has 0 bridgehead atoms. The first-order chi connectivity index (χ1) is 17.1. The number of anilines is 2. The van der Waals surface area contributed by atoms with Crippen molar-refractivity contribution in [1.82, 2.24) is 9.88 Å². The zero-order chi connectivity index (χ0) is 23.9. The minimum Gasteiger partial charge on any atom is -0.364 e. The number of non-ortho nitro benzene ring substituents is 1. The molecule has 1 saturated heterocycles. The Morgan fingerprint density at radius 2 is 1.80 bits per heavy atom. The number of pyridine rings is 1. The lowest BCUT2D eigenvalue weighted by molar-refractivity contribution is -0.384. The fourth-order valence-corrected chi connectivity index (χ4v) is 5.87. The van der Waals surface area contributed by atoms with E-state index >= 15 is 0 Å². The molecule has 3 aromatic rings. The zero-order valence-electron chi connectivity index (χ0n) is 19.4. The summed E-state index contributed by atoms with van der Waals surface area (Å²) in [4.78, 5) is 36.2. The van der Waals surface area contributed by atoms with E-state index in [2.05, 4.69) is 26.9 Å². The van der Waals surface area contributed by atoms with Gasteiger partial charge in [-0.05, 0) is 47.7 Å². The molecule has 0 radical (unpaired) electrons. The van der Waals surface area contributed by atoms with Crippen LogP contribution in [0.25, 0.3) is 0 Å². The van der Waals surface area contributed by atoms with Crippen molar-refractivity contribution in [3.05, 3.63) is 93.7 Å². The predicted molar refractivity (Wildman–Crippen MR) is 133 cm³/mol. The second kappa shape index (κ2) is 8.69. The highest BCUT2D eigenvalue weighted by Gasteiger charge is 2.44. The molecule has 2 aromatic carbocycles. The Bertz CT molecular complexity index is 1280. The van der Waals surface area contributed by atoms with Crippen molar-refractivity contribution in [2.24, 2.45) is 5.92 Å². The molecule has 3 aliphatic heterocycles. The first-order valence-corrected chi connectivity index (χ1v) is 12.1. The number of aromatic nitrogens is 1. The van der Waals surface area contributed by atoms with Crippen molar-refractivity contribution in [3.63, 3.8) is 0 Å². The Morgan fingerprint density at radius 3 is 2.60 bits per heavy atom. The number of hydrogen-bond acceptors (Lipinski definition) is 6. The normalized spacial score (nSPS) is 21.1. The summed E-state index contributed by atoms with van der Waals surface area (Å²) in [5, 5.41) is 11.5. The summed E-state index contributed by atoms with van der Waals surface area (Å²) in [7, 11) is 0. The number of fused-ring (bicyclic) bond motifs is 4. The Labute approximate surface area is 203 Å². The van der Waals surface area contributed by atoms with E-state index < -0.39 is 0 Å². The van der Waals surface area contributed by atoms with Gasteiger partial charge in [0.05, 0.1) is 16.9 Å². The molecular formula is C27H27N5O3. The molecule has 4 heterocycles. The van der Waals surface area contributed by atoms with Crippen molar-refractivity contribution in [1.29, 1.82) is 0 Å². The molecular weight excluding hydrogens is 442 g/mol. The van der Waals surface area contributed by atoms with Crippen molar-refractivity contribution < 1.29 is 9.72 Å². The van der Waals surface area contributed by atoms with Crippen LogP contribution in [0.1, 0.15) is 16.7 Å². The molecule has 0 aliphatic carbocycles. The highest BCUT2D eigenvalue weighted by molar-refractivity contribution is 5.83. The monoisotopic (exact) mass is 469 g/mol. The largest absolute Gasteiger partial charge is 0.364 e. The van der Waals surface area contributed by atoms with Crippen LogP contribution in [-0.4, -0.2) is 52.9 Å². The molecule has 8 nitrogen and oxygen atoms in total. The summed E-state index contributed by atoms with van der Waals surface area (Å²) in [5.74, 6) is 0.774. The minimum atomic E-state index is -0.357. The first kappa shape index (κ1) is 21.6. The van der Waals surface area contributed by atoms with Gasteiger partial charge in [-0.15, -0.1) is 0 Å². The maximum Gasteiger partial charge on any atom is 0.269 e. The molecule has 1 fully saturated rings. The lowest BCUT2D eigenvalue weighted by Crippen LogP contribution is -2.61. The SMILES string of the molecule is O=C([C@@H]1Cc2cc([N+](=O)[O-])ccc2N2CCN(c3ccccn3)C[C@@H]12)N1CCc2ccccc2C1. The van der Waals surface area contributed by atoms with Crippen LogP contribution < -0.4 is 9.80 Å². The number of rotatable bonds is 3. The third-order valence-corrected chi connectivity index (χ3v) is 7.64. The van der Waals surface area contributed by atoms with Gasteiger partial charge >= 0.3 is 0 Å². The number of carbonyl (C=O) groups excluding carboxylic acids is 1. The summed E-state index contributed by atoms with van der Waals surface area (Å²) in [5.41, 5.74) is 4.48. The van der Waals surface area contributed by atoms with Crippen LogP contribution >= 0.6 is 0 Å². The van der Waals surface area contributed by atoms with E-state index in [1.807, 2.05) is 41.3 Å². The van der Waals surface area contributed by atoms with Crippen LogP contribution in [0.3, 0.4) is 0 Å². The maximum absolute atomic E-state index is 14.0. The molecule has 3 aliphatic rings. The van der Waals surface area contributed by atoms with Crippen molar-refractivity contribution >= 4 is 23.1 Å². The van der Waals surface area contributed by atoms with Gasteiger partial charge in [-0.1, -0.05) is 30.3 Å². The zero-order valence-corrected chi connectivity index (χ0v) is 19.4. The molecule has 6 rings (SSSR count). The molecule has 0 N–H and O–H groups in total. The average molecular weight is 470 g/mol. The Balaban J connectivity index is 1.34. The number of nitrogens with zero attached hydrogens (tertiary/aromatic N) is 5. The lowest BCUT2D eigenvalue weighted by Gasteiger charge is -2.50. The summed E-state index contributed by atoms with van der Waals surface area (Å²) < 4.78 is 0. The fourth-order valence-electron chi connectivity index (χ4n) is 5.87. The van der Waals surface area contributed by atoms with Crippen LogP contribution in [0.15, 0.2) is 66.9 Å². The Hall–Kier alpha value is -3.94.